The van der Waals surface area contributed by atoms with Crippen LogP contribution in [0.2, 0.25) is 10.0 Å². The summed E-state index contributed by atoms with van der Waals surface area (Å²) in [6, 6.07) is 14.9. The first-order valence-corrected chi connectivity index (χ1v) is 8.59. The highest BCUT2D eigenvalue weighted by molar-refractivity contribution is 6.37. The molecule has 6 nitrogen and oxygen atoms in total. The van der Waals surface area contributed by atoms with Gasteiger partial charge in [0.25, 0.3) is 0 Å². The summed E-state index contributed by atoms with van der Waals surface area (Å²) in [5.41, 5.74) is 1.38. The highest BCUT2D eigenvalue weighted by Crippen LogP contribution is 2.38. The second kappa shape index (κ2) is 6.90. The van der Waals surface area contributed by atoms with Crippen LogP contribution in [0.3, 0.4) is 0 Å². The lowest BCUT2D eigenvalue weighted by atomic mass is 10.2. The molecule has 0 atom stereocenters. The Hall–Kier alpha value is -3.09. The van der Waals surface area contributed by atoms with Crippen LogP contribution in [0.25, 0.3) is 16.7 Å². The van der Waals surface area contributed by atoms with Crippen molar-refractivity contribution in [3.63, 3.8) is 0 Å². The number of nitrogens with zero attached hydrogens (tertiary/aromatic N) is 3. The molecular formula is C19H11Cl2N3O3. The minimum absolute atomic E-state index is 0.183. The average Bonchev–Trinajstić information content (AvgIpc) is 3.04. The van der Waals surface area contributed by atoms with Crippen LogP contribution in [0, 0.1) is 0 Å². The van der Waals surface area contributed by atoms with Gasteiger partial charge >= 0.3 is 5.97 Å². The minimum Gasteiger partial charge on any atom is -0.478 e. The van der Waals surface area contributed by atoms with Gasteiger partial charge in [0.1, 0.15) is 0 Å². The van der Waals surface area contributed by atoms with Crippen LogP contribution >= 0.6 is 23.2 Å². The third-order valence-electron chi connectivity index (χ3n) is 3.89. The number of fused-ring (bicyclic) bond motifs is 1. The average molecular weight is 400 g/mol. The van der Waals surface area contributed by atoms with Gasteiger partial charge in [0, 0.05) is 6.20 Å². The van der Waals surface area contributed by atoms with Crippen molar-refractivity contribution in [1.82, 2.24) is 14.8 Å². The van der Waals surface area contributed by atoms with Crippen molar-refractivity contribution in [2.75, 3.05) is 0 Å². The van der Waals surface area contributed by atoms with Gasteiger partial charge in [-0.15, -0.1) is 5.10 Å². The van der Waals surface area contributed by atoms with Crippen LogP contribution in [0.1, 0.15) is 10.4 Å². The van der Waals surface area contributed by atoms with E-state index in [9.17, 15) is 4.79 Å². The normalized spacial score (nSPS) is 10.9. The number of carboxylic acids is 1. The highest BCUT2D eigenvalue weighted by atomic mass is 35.5. The van der Waals surface area contributed by atoms with Crippen LogP contribution < -0.4 is 4.74 Å². The molecule has 2 heterocycles. The van der Waals surface area contributed by atoms with Crippen molar-refractivity contribution in [2.45, 2.75) is 0 Å². The molecule has 0 aliphatic heterocycles. The molecule has 0 saturated carbocycles. The second-order valence-electron chi connectivity index (χ2n) is 5.60. The summed E-state index contributed by atoms with van der Waals surface area (Å²) in [6.07, 6.45) is 1.64. The summed E-state index contributed by atoms with van der Waals surface area (Å²) < 4.78 is 7.46. The van der Waals surface area contributed by atoms with Gasteiger partial charge in [0.05, 0.1) is 26.7 Å². The summed E-state index contributed by atoms with van der Waals surface area (Å²) in [7, 11) is 0. The van der Waals surface area contributed by atoms with Gasteiger partial charge in [0.15, 0.2) is 11.4 Å². The van der Waals surface area contributed by atoms with Gasteiger partial charge in [-0.25, -0.2) is 14.5 Å². The molecule has 4 aromatic rings. The molecule has 0 fully saturated rings. The van der Waals surface area contributed by atoms with E-state index in [0.29, 0.717) is 32.5 Å². The Kier molecular flexibility index (Phi) is 4.43. The predicted octanol–water partition coefficient (Wildman–Crippen LogP) is 5.22. The maximum atomic E-state index is 11.1. The number of benzene rings is 2. The van der Waals surface area contributed by atoms with E-state index in [1.54, 1.807) is 47.3 Å². The summed E-state index contributed by atoms with van der Waals surface area (Å²) in [5, 5.41) is 14.9. The molecule has 0 saturated heterocycles. The third kappa shape index (κ3) is 3.20. The van der Waals surface area contributed by atoms with Crippen molar-refractivity contribution < 1.29 is 14.6 Å². The van der Waals surface area contributed by atoms with Crippen LogP contribution in [0.4, 0.5) is 0 Å². The number of carbonyl (C=O) groups is 1. The first-order chi connectivity index (χ1) is 13.0. The van der Waals surface area contributed by atoms with Gasteiger partial charge in [-0.05, 0) is 48.5 Å². The molecule has 2 aromatic heterocycles. The first-order valence-electron chi connectivity index (χ1n) is 7.84. The predicted molar refractivity (Wildman–Crippen MR) is 102 cm³/mol. The fourth-order valence-corrected chi connectivity index (χ4v) is 3.08. The zero-order valence-electron chi connectivity index (χ0n) is 13.6. The summed E-state index contributed by atoms with van der Waals surface area (Å²) in [4.78, 5) is 15.4. The number of ether oxygens (including phenoxy) is 1. The zero-order chi connectivity index (χ0) is 19.0. The lowest BCUT2D eigenvalue weighted by molar-refractivity contribution is 0.0697. The van der Waals surface area contributed by atoms with Crippen LogP contribution in [-0.2, 0) is 0 Å². The van der Waals surface area contributed by atoms with Crippen LogP contribution in [0.15, 0.2) is 60.8 Å². The van der Waals surface area contributed by atoms with Crippen LogP contribution in [-0.4, -0.2) is 25.8 Å². The van der Waals surface area contributed by atoms with E-state index in [0.717, 1.165) is 0 Å². The van der Waals surface area contributed by atoms with Gasteiger partial charge in [-0.2, -0.15) is 0 Å². The molecule has 0 radical (unpaired) electrons. The SMILES string of the molecule is O=C(O)c1ccc(-n2nc(Oc3c(Cl)cccc3Cl)c3cccnc32)cc1. The van der Waals surface area contributed by atoms with E-state index in [2.05, 4.69) is 10.1 Å². The van der Waals surface area contributed by atoms with E-state index in [1.165, 1.54) is 12.1 Å². The van der Waals surface area contributed by atoms with E-state index < -0.39 is 5.97 Å². The Labute approximate surface area is 163 Å². The molecule has 1 N–H and O–H groups in total. The molecule has 27 heavy (non-hydrogen) atoms. The number of hydrogen-bond donors (Lipinski definition) is 1. The topological polar surface area (TPSA) is 77.2 Å². The number of pyridine rings is 1. The van der Waals surface area contributed by atoms with E-state index >= 15 is 0 Å². The molecule has 134 valence electrons. The lowest BCUT2D eigenvalue weighted by Crippen LogP contribution is -2.00. The number of aromatic nitrogens is 3. The quantitative estimate of drug-likeness (QED) is 0.508. The Morgan fingerprint density at radius 1 is 1.00 bits per heavy atom. The molecule has 0 spiro atoms. The molecule has 8 heteroatoms. The van der Waals surface area contributed by atoms with E-state index in [1.807, 2.05) is 6.07 Å². The first kappa shape index (κ1) is 17.3. The van der Waals surface area contributed by atoms with Crippen LogP contribution in [0.5, 0.6) is 11.6 Å². The highest BCUT2D eigenvalue weighted by Gasteiger charge is 2.17. The molecule has 2 aromatic carbocycles. The molecule has 0 bridgehead atoms. The van der Waals surface area contributed by atoms with Crippen molar-refractivity contribution in [1.29, 1.82) is 0 Å². The van der Waals surface area contributed by atoms with Gasteiger partial charge in [-0.3, -0.25) is 0 Å². The number of halogens is 2. The summed E-state index contributed by atoms with van der Waals surface area (Å²) in [5.74, 6) is -0.407. The van der Waals surface area contributed by atoms with E-state index in [-0.39, 0.29) is 11.4 Å². The smallest absolute Gasteiger partial charge is 0.335 e. The Bertz CT molecular complexity index is 1140. The van der Waals surface area contributed by atoms with E-state index in [4.69, 9.17) is 33.0 Å². The molecular weight excluding hydrogens is 389 g/mol. The Morgan fingerprint density at radius 3 is 2.37 bits per heavy atom. The maximum absolute atomic E-state index is 11.1. The van der Waals surface area contributed by atoms with Crippen molar-refractivity contribution >= 4 is 40.2 Å². The molecule has 0 aliphatic rings. The van der Waals surface area contributed by atoms with Crippen molar-refractivity contribution in [3.8, 4) is 17.3 Å². The molecule has 0 unspecified atom stereocenters. The molecule has 4 rings (SSSR count). The standard InChI is InChI=1S/C19H11Cl2N3O3/c20-14-4-1-5-15(21)16(14)27-18-13-3-2-10-22-17(13)24(23-18)12-8-6-11(7-9-12)19(25)26/h1-10H,(H,25,26). The van der Waals surface area contributed by atoms with Gasteiger partial charge < -0.3 is 9.84 Å². The maximum Gasteiger partial charge on any atom is 0.335 e. The van der Waals surface area contributed by atoms with Crippen molar-refractivity contribution in [3.05, 3.63) is 76.4 Å². The number of hydrogen-bond acceptors (Lipinski definition) is 4. The second-order valence-corrected chi connectivity index (χ2v) is 6.41. The fraction of sp³-hybridized carbons (Fsp3) is 0. The minimum atomic E-state index is -0.998. The fourth-order valence-electron chi connectivity index (χ4n) is 2.60. The molecule has 0 amide bonds. The summed E-state index contributed by atoms with van der Waals surface area (Å²) in [6.45, 7) is 0. The number of aromatic carboxylic acids is 1. The Balaban J connectivity index is 1.83. The number of carboxylic acid groups (broad SMARTS) is 1. The number of para-hydroxylation sites is 1. The zero-order valence-corrected chi connectivity index (χ0v) is 15.1. The molecule has 0 aliphatic carbocycles. The lowest BCUT2D eigenvalue weighted by Gasteiger charge is -2.07. The number of rotatable bonds is 4. The Morgan fingerprint density at radius 2 is 1.70 bits per heavy atom. The third-order valence-corrected chi connectivity index (χ3v) is 4.48. The van der Waals surface area contributed by atoms with Gasteiger partial charge in [0.2, 0.25) is 5.88 Å². The van der Waals surface area contributed by atoms with Gasteiger partial charge in [-0.1, -0.05) is 29.3 Å². The van der Waals surface area contributed by atoms with Crippen molar-refractivity contribution in [2.24, 2.45) is 0 Å². The largest absolute Gasteiger partial charge is 0.478 e. The summed E-state index contributed by atoms with van der Waals surface area (Å²) >= 11 is 12.4. The monoisotopic (exact) mass is 399 g/mol.